The fourth-order valence-corrected chi connectivity index (χ4v) is 5.19. The van der Waals surface area contributed by atoms with Crippen molar-refractivity contribution in [3.63, 3.8) is 0 Å². The van der Waals surface area contributed by atoms with Gasteiger partial charge in [-0.2, -0.15) is 0 Å². The number of carbonyl (C=O) groups excluding carboxylic acids is 2. The van der Waals surface area contributed by atoms with Gasteiger partial charge in [0, 0.05) is 26.2 Å². The molecular formula is C28H31N3O2. The summed E-state index contributed by atoms with van der Waals surface area (Å²) in [5, 5.41) is 2.83. The Balaban J connectivity index is 1.29. The Bertz CT molecular complexity index is 1050. The van der Waals surface area contributed by atoms with Crippen LogP contribution in [0.5, 0.6) is 0 Å². The lowest BCUT2D eigenvalue weighted by Gasteiger charge is -2.31. The number of nitrogens with one attached hydrogen (secondary N) is 1. The van der Waals surface area contributed by atoms with E-state index in [1.807, 2.05) is 9.80 Å². The van der Waals surface area contributed by atoms with Gasteiger partial charge in [-0.1, -0.05) is 66.3 Å². The second kappa shape index (κ2) is 9.65. The lowest BCUT2D eigenvalue weighted by atomic mass is 9.86. The Labute approximate surface area is 195 Å². The molecule has 0 bridgehead atoms. The van der Waals surface area contributed by atoms with Gasteiger partial charge in [-0.25, -0.2) is 4.79 Å². The van der Waals surface area contributed by atoms with Crippen LogP contribution in [0.1, 0.15) is 54.4 Å². The Hall–Kier alpha value is -3.34. The lowest BCUT2D eigenvalue weighted by Crippen LogP contribution is -2.48. The summed E-state index contributed by atoms with van der Waals surface area (Å²) in [6.45, 7) is 3.04. The number of carbonyl (C=O) groups is 2. The number of urea groups is 1. The van der Waals surface area contributed by atoms with Gasteiger partial charge in [0.1, 0.15) is 0 Å². The Morgan fingerprint density at radius 1 is 0.727 bits per heavy atom. The summed E-state index contributed by atoms with van der Waals surface area (Å²) in [6.07, 6.45) is 9.38. The van der Waals surface area contributed by atoms with Crippen LogP contribution in [-0.4, -0.2) is 54.5 Å². The standard InChI is InChI=1S/C28H31N3O2/c32-26(20-29-28(33)31-16-6-1-7-17-31)30-18-14-23(15-19-30)27-24-10-4-2-8-21(24)12-13-22-9-3-5-11-25(22)27/h2-5,8-13H,1,6-7,14-20H2,(H,29,33). The van der Waals surface area contributed by atoms with E-state index in [0.29, 0.717) is 13.1 Å². The van der Waals surface area contributed by atoms with E-state index in [0.717, 1.165) is 38.8 Å². The van der Waals surface area contributed by atoms with Gasteiger partial charge in [0.25, 0.3) is 0 Å². The molecule has 2 aliphatic heterocycles. The maximum absolute atomic E-state index is 12.8. The number of likely N-dealkylation sites (tertiary alicyclic amines) is 2. The van der Waals surface area contributed by atoms with Crippen molar-refractivity contribution in [1.29, 1.82) is 0 Å². The molecule has 2 aromatic carbocycles. The Morgan fingerprint density at radius 2 is 1.30 bits per heavy atom. The quantitative estimate of drug-likeness (QED) is 0.622. The molecule has 5 nitrogen and oxygen atoms in total. The molecule has 2 heterocycles. The Morgan fingerprint density at radius 3 is 1.91 bits per heavy atom. The van der Waals surface area contributed by atoms with E-state index in [2.05, 4.69) is 66.0 Å². The third-order valence-corrected chi connectivity index (χ3v) is 7.01. The lowest BCUT2D eigenvalue weighted by molar-refractivity contribution is -0.130. The molecule has 0 saturated carbocycles. The van der Waals surface area contributed by atoms with E-state index in [9.17, 15) is 9.59 Å². The second-order valence-corrected chi connectivity index (χ2v) is 9.07. The minimum atomic E-state index is -0.109. The highest BCUT2D eigenvalue weighted by atomic mass is 16.2. The monoisotopic (exact) mass is 441 g/mol. The third-order valence-electron chi connectivity index (χ3n) is 7.01. The van der Waals surface area contributed by atoms with Crippen LogP contribution < -0.4 is 5.32 Å². The average molecular weight is 442 g/mol. The van der Waals surface area contributed by atoms with Crippen LogP contribution in [0.15, 0.2) is 54.1 Å². The molecule has 0 aromatic heterocycles. The number of amides is 3. The van der Waals surface area contributed by atoms with Crippen molar-refractivity contribution in [2.24, 2.45) is 0 Å². The largest absolute Gasteiger partial charge is 0.341 e. The number of benzene rings is 2. The van der Waals surface area contributed by atoms with Gasteiger partial charge in [-0.05, 0) is 59.9 Å². The van der Waals surface area contributed by atoms with Crippen molar-refractivity contribution in [3.8, 4) is 0 Å². The van der Waals surface area contributed by atoms with Crippen molar-refractivity contribution in [1.82, 2.24) is 15.1 Å². The molecule has 2 fully saturated rings. The zero-order valence-corrected chi connectivity index (χ0v) is 19.1. The van der Waals surface area contributed by atoms with Crippen molar-refractivity contribution >= 4 is 29.7 Å². The number of fused-ring (bicyclic) bond motifs is 2. The molecule has 33 heavy (non-hydrogen) atoms. The van der Waals surface area contributed by atoms with Crippen molar-refractivity contribution in [2.75, 3.05) is 32.7 Å². The zero-order valence-electron chi connectivity index (χ0n) is 19.1. The number of hydrogen-bond donors (Lipinski definition) is 1. The van der Waals surface area contributed by atoms with Crippen LogP contribution in [0, 0.1) is 0 Å². The highest BCUT2D eigenvalue weighted by Crippen LogP contribution is 2.38. The van der Waals surface area contributed by atoms with Gasteiger partial charge >= 0.3 is 6.03 Å². The molecule has 5 rings (SSSR count). The predicted molar refractivity (Wildman–Crippen MR) is 132 cm³/mol. The fraction of sp³-hybridized carbons (Fsp3) is 0.357. The number of piperidine rings is 2. The summed E-state index contributed by atoms with van der Waals surface area (Å²) in [6, 6.07) is 17.0. The van der Waals surface area contributed by atoms with Gasteiger partial charge in [0.2, 0.25) is 5.91 Å². The minimum Gasteiger partial charge on any atom is -0.341 e. The van der Waals surface area contributed by atoms with Crippen LogP contribution in [0.2, 0.25) is 0 Å². The molecule has 2 aromatic rings. The van der Waals surface area contributed by atoms with Crippen molar-refractivity contribution < 1.29 is 9.59 Å². The van der Waals surface area contributed by atoms with Crippen LogP contribution >= 0.6 is 0 Å². The van der Waals surface area contributed by atoms with Crippen LogP contribution in [0.25, 0.3) is 17.7 Å². The second-order valence-electron chi connectivity index (χ2n) is 9.07. The van der Waals surface area contributed by atoms with E-state index in [-0.39, 0.29) is 18.5 Å². The van der Waals surface area contributed by atoms with Crippen molar-refractivity contribution in [3.05, 3.63) is 76.4 Å². The first-order valence-corrected chi connectivity index (χ1v) is 12.1. The van der Waals surface area contributed by atoms with E-state index in [1.165, 1.54) is 39.8 Å². The molecule has 0 radical (unpaired) electrons. The Kier molecular flexibility index (Phi) is 6.29. The summed E-state index contributed by atoms with van der Waals surface area (Å²) in [5.74, 6) is 0.00717. The molecule has 2 saturated heterocycles. The molecule has 170 valence electrons. The molecular weight excluding hydrogens is 410 g/mol. The smallest absolute Gasteiger partial charge is 0.317 e. The van der Waals surface area contributed by atoms with Gasteiger partial charge in [-0.3, -0.25) is 4.79 Å². The molecule has 3 amide bonds. The van der Waals surface area contributed by atoms with Crippen LogP contribution in [-0.2, 0) is 4.79 Å². The highest BCUT2D eigenvalue weighted by Gasteiger charge is 2.25. The summed E-state index contributed by atoms with van der Waals surface area (Å²) in [5.41, 5.74) is 7.71. The van der Waals surface area contributed by atoms with Gasteiger partial charge in [0.15, 0.2) is 0 Å². The zero-order chi connectivity index (χ0) is 22.6. The SMILES string of the molecule is O=C(CNC(=O)N1CCCCC1)N1CCC(=C2c3ccccc3C=Cc3ccccc32)CC1. The minimum absolute atomic E-state index is 0.00717. The maximum Gasteiger partial charge on any atom is 0.317 e. The first-order valence-electron chi connectivity index (χ1n) is 12.1. The molecule has 0 unspecified atom stereocenters. The molecule has 5 heteroatoms. The van der Waals surface area contributed by atoms with E-state index < -0.39 is 0 Å². The first-order chi connectivity index (χ1) is 16.2. The fourth-order valence-electron chi connectivity index (χ4n) is 5.19. The summed E-state index contributed by atoms with van der Waals surface area (Å²) >= 11 is 0. The molecule has 1 aliphatic carbocycles. The summed E-state index contributed by atoms with van der Waals surface area (Å²) in [7, 11) is 0. The first kappa shape index (κ1) is 21.5. The van der Waals surface area contributed by atoms with E-state index in [1.54, 1.807) is 0 Å². The topological polar surface area (TPSA) is 52.7 Å². The molecule has 0 spiro atoms. The van der Waals surface area contributed by atoms with Crippen LogP contribution in [0.4, 0.5) is 4.79 Å². The highest BCUT2D eigenvalue weighted by molar-refractivity contribution is 5.95. The molecule has 0 atom stereocenters. The van der Waals surface area contributed by atoms with Gasteiger partial charge in [-0.15, -0.1) is 0 Å². The maximum atomic E-state index is 12.8. The normalized spacial score (nSPS) is 17.8. The number of rotatable bonds is 2. The van der Waals surface area contributed by atoms with Crippen molar-refractivity contribution in [2.45, 2.75) is 32.1 Å². The van der Waals surface area contributed by atoms with Gasteiger partial charge in [0.05, 0.1) is 6.54 Å². The number of hydrogen-bond acceptors (Lipinski definition) is 2. The van der Waals surface area contributed by atoms with E-state index in [4.69, 9.17) is 0 Å². The number of nitrogens with zero attached hydrogens (tertiary/aromatic N) is 2. The van der Waals surface area contributed by atoms with Gasteiger partial charge < -0.3 is 15.1 Å². The summed E-state index contributed by atoms with van der Waals surface area (Å²) < 4.78 is 0. The predicted octanol–water partition coefficient (Wildman–Crippen LogP) is 4.79. The molecule has 1 N–H and O–H groups in total. The molecule has 3 aliphatic rings. The van der Waals surface area contributed by atoms with Crippen LogP contribution in [0.3, 0.4) is 0 Å². The van der Waals surface area contributed by atoms with E-state index >= 15 is 0 Å². The third kappa shape index (κ3) is 4.58. The summed E-state index contributed by atoms with van der Waals surface area (Å²) in [4.78, 5) is 28.8. The average Bonchev–Trinajstić information content (AvgIpc) is 3.05.